The molecule has 0 radical (unpaired) electrons. The molecule has 0 saturated carbocycles. The summed E-state index contributed by atoms with van der Waals surface area (Å²) in [7, 11) is 0. The van der Waals surface area contributed by atoms with Gasteiger partial charge in [0.25, 0.3) is 0 Å². The van der Waals surface area contributed by atoms with Crippen LogP contribution in [0.3, 0.4) is 0 Å². The second-order valence-electron chi connectivity index (χ2n) is 6.63. The van der Waals surface area contributed by atoms with E-state index in [-0.39, 0.29) is 108 Å². The summed E-state index contributed by atoms with van der Waals surface area (Å²) < 4.78 is 15.5. The van der Waals surface area contributed by atoms with Crippen LogP contribution in [0, 0.1) is 5.41 Å². The maximum Gasteiger partial charge on any atom is 1.00 e. The Bertz CT molecular complexity index is 400. The van der Waals surface area contributed by atoms with Crippen LogP contribution < -0.4 is 98.9 Å². The van der Waals surface area contributed by atoms with E-state index >= 15 is 0 Å². The minimum absolute atomic E-state index is 0. The summed E-state index contributed by atoms with van der Waals surface area (Å²) >= 11 is 0. The second kappa shape index (κ2) is 24.9. The van der Waals surface area contributed by atoms with Gasteiger partial charge in [-0.05, 0) is 6.42 Å². The molecular formula is C18H30Na3O9+. The summed E-state index contributed by atoms with van der Waals surface area (Å²) in [5.74, 6) is -3.91. The number of unbranched alkanes of at least 4 members (excludes halogenated alkanes) is 5. The van der Waals surface area contributed by atoms with Crippen molar-refractivity contribution >= 4 is 17.9 Å². The standard InChI is InChI=1S/C18H32O9.3Na/c1-2-3-4-5-6-7-8-18(12-25-9-15(19)20,13-26-10-16(21)22)14-27-11-17(23)24;;;/h2-14H2,1H3,(H,19,20)(H,21,22)(H,23,24);;;/q;3*+1/p-2. The van der Waals surface area contributed by atoms with Crippen LogP contribution in [0.5, 0.6) is 0 Å². The molecule has 0 aromatic rings. The molecule has 0 aromatic heterocycles. The maximum absolute atomic E-state index is 10.7. The van der Waals surface area contributed by atoms with Gasteiger partial charge in [-0.25, -0.2) is 4.79 Å². The average Bonchev–Trinajstić information content (AvgIpc) is 2.57. The Morgan fingerprint density at radius 3 is 1.53 bits per heavy atom. The van der Waals surface area contributed by atoms with E-state index in [9.17, 15) is 24.6 Å². The maximum atomic E-state index is 10.7. The molecule has 158 valence electrons. The monoisotopic (exact) mass is 459 g/mol. The zero-order valence-corrected chi connectivity index (χ0v) is 24.9. The van der Waals surface area contributed by atoms with Crippen molar-refractivity contribution in [2.24, 2.45) is 5.41 Å². The van der Waals surface area contributed by atoms with Crippen molar-refractivity contribution in [2.45, 2.75) is 51.9 Å². The van der Waals surface area contributed by atoms with Gasteiger partial charge in [0.1, 0.15) is 6.61 Å². The zero-order chi connectivity index (χ0) is 20.5. The number of ether oxygens (including phenoxy) is 3. The summed E-state index contributed by atoms with van der Waals surface area (Å²) in [4.78, 5) is 31.9. The van der Waals surface area contributed by atoms with Crippen molar-refractivity contribution < 1.29 is 133 Å². The minimum atomic E-state index is -1.38. The quantitative estimate of drug-likeness (QED) is 0.147. The summed E-state index contributed by atoms with van der Waals surface area (Å²) in [5.41, 5.74) is -0.856. The largest absolute Gasteiger partial charge is 1.00 e. The summed E-state index contributed by atoms with van der Waals surface area (Å²) in [5, 5.41) is 29.9. The molecule has 0 spiro atoms. The Labute approximate surface area is 244 Å². The molecular weight excluding hydrogens is 429 g/mol. The number of aliphatic carboxylic acids is 3. The number of hydrogen-bond acceptors (Lipinski definition) is 8. The molecule has 0 aliphatic rings. The number of hydrogen-bond donors (Lipinski definition) is 1. The first-order valence-corrected chi connectivity index (χ1v) is 9.16. The Morgan fingerprint density at radius 2 is 1.13 bits per heavy atom. The number of carbonyl (C=O) groups is 3. The Hall–Kier alpha value is 1.29. The van der Waals surface area contributed by atoms with Gasteiger partial charge in [-0.15, -0.1) is 0 Å². The van der Waals surface area contributed by atoms with Gasteiger partial charge in [0.15, 0.2) is 0 Å². The minimum Gasteiger partial charge on any atom is -0.548 e. The predicted octanol–water partition coefficient (Wildman–Crippen LogP) is -9.63. The third kappa shape index (κ3) is 23.9. The molecule has 1 N–H and O–H groups in total. The van der Waals surface area contributed by atoms with E-state index < -0.39 is 43.1 Å². The van der Waals surface area contributed by atoms with Crippen LogP contribution in [0.25, 0.3) is 0 Å². The van der Waals surface area contributed by atoms with E-state index in [1.165, 1.54) is 0 Å². The van der Waals surface area contributed by atoms with Crippen LogP contribution >= 0.6 is 0 Å². The van der Waals surface area contributed by atoms with E-state index in [0.29, 0.717) is 6.42 Å². The van der Waals surface area contributed by atoms with Gasteiger partial charge in [0, 0.05) is 5.41 Å². The van der Waals surface area contributed by atoms with Crippen LogP contribution in [0.1, 0.15) is 51.9 Å². The van der Waals surface area contributed by atoms with Gasteiger partial charge in [0.2, 0.25) is 0 Å². The number of carboxylic acids is 3. The van der Waals surface area contributed by atoms with Crippen LogP contribution in [0.4, 0.5) is 0 Å². The van der Waals surface area contributed by atoms with Gasteiger partial charge in [-0.1, -0.05) is 45.4 Å². The summed E-state index contributed by atoms with van der Waals surface area (Å²) in [6.45, 7) is 0.113. The molecule has 30 heavy (non-hydrogen) atoms. The van der Waals surface area contributed by atoms with Crippen molar-refractivity contribution in [2.75, 3.05) is 39.6 Å². The van der Waals surface area contributed by atoms with Gasteiger partial charge in [-0.3, -0.25) is 0 Å². The third-order valence-corrected chi connectivity index (χ3v) is 3.95. The SMILES string of the molecule is CCCCCCCCC(COCC(=O)[O-])(COCC(=O)[O-])COCC(=O)O.[Na+].[Na+].[Na+]. The molecule has 0 heterocycles. The van der Waals surface area contributed by atoms with Crippen molar-refractivity contribution in [1.29, 1.82) is 0 Å². The normalized spacial score (nSPS) is 10.3. The molecule has 0 saturated heterocycles. The first kappa shape index (κ1) is 38.5. The van der Waals surface area contributed by atoms with Gasteiger partial charge < -0.3 is 39.1 Å². The van der Waals surface area contributed by atoms with E-state index in [1.807, 2.05) is 0 Å². The molecule has 0 bridgehead atoms. The molecule has 0 unspecified atom stereocenters. The predicted molar refractivity (Wildman–Crippen MR) is 90.5 cm³/mol. The Balaban J connectivity index is -0.00000113. The second-order valence-corrected chi connectivity index (χ2v) is 6.63. The van der Waals surface area contributed by atoms with E-state index in [0.717, 1.165) is 38.5 Å². The van der Waals surface area contributed by atoms with Crippen molar-refractivity contribution in [3.8, 4) is 0 Å². The van der Waals surface area contributed by atoms with Crippen molar-refractivity contribution in [3.05, 3.63) is 0 Å². The Morgan fingerprint density at radius 1 is 0.733 bits per heavy atom. The first-order valence-electron chi connectivity index (χ1n) is 9.16. The molecule has 9 nitrogen and oxygen atoms in total. The first-order chi connectivity index (χ1) is 12.8. The number of carboxylic acid groups (broad SMARTS) is 3. The molecule has 0 aliphatic carbocycles. The average molecular weight is 459 g/mol. The smallest absolute Gasteiger partial charge is 0.548 e. The molecule has 0 amide bonds. The van der Waals surface area contributed by atoms with Crippen LogP contribution in [0.2, 0.25) is 0 Å². The van der Waals surface area contributed by atoms with E-state index in [2.05, 4.69) is 6.92 Å². The Kier molecular flexibility index (Phi) is 32.0. The van der Waals surface area contributed by atoms with Gasteiger partial charge >= 0.3 is 94.6 Å². The summed E-state index contributed by atoms with van der Waals surface area (Å²) in [6.07, 6.45) is 6.64. The van der Waals surface area contributed by atoms with Gasteiger partial charge in [0.05, 0.1) is 45.0 Å². The molecule has 0 rings (SSSR count). The molecule has 0 aliphatic heterocycles. The fourth-order valence-electron chi connectivity index (χ4n) is 2.68. The third-order valence-electron chi connectivity index (χ3n) is 3.95. The van der Waals surface area contributed by atoms with E-state index in [4.69, 9.17) is 19.3 Å². The molecule has 0 aromatic carbocycles. The van der Waals surface area contributed by atoms with Crippen molar-refractivity contribution in [1.82, 2.24) is 0 Å². The fraction of sp³-hybridized carbons (Fsp3) is 0.833. The zero-order valence-electron chi connectivity index (χ0n) is 18.9. The van der Waals surface area contributed by atoms with Crippen LogP contribution in [-0.4, -0.2) is 62.7 Å². The number of carbonyl (C=O) groups excluding carboxylic acids is 2. The van der Waals surface area contributed by atoms with Crippen LogP contribution in [-0.2, 0) is 28.6 Å². The van der Waals surface area contributed by atoms with Gasteiger partial charge in [-0.2, -0.15) is 0 Å². The molecule has 0 fully saturated rings. The molecule has 12 heteroatoms. The molecule has 0 atom stereocenters. The topological polar surface area (TPSA) is 145 Å². The fourth-order valence-corrected chi connectivity index (χ4v) is 2.68. The number of rotatable bonds is 19. The summed E-state index contributed by atoms with van der Waals surface area (Å²) in [6, 6.07) is 0. The van der Waals surface area contributed by atoms with Crippen molar-refractivity contribution in [3.63, 3.8) is 0 Å². The van der Waals surface area contributed by atoms with Crippen LogP contribution in [0.15, 0.2) is 0 Å². The van der Waals surface area contributed by atoms with E-state index in [1.54, 1.807) is 0 Å².